The minimum Gasteiger partial charge on any atom is -0.337 e. The Balaban J connectivity index is 1.68. The number of nitrogens with one attached hydrogen (secondary N) is 1. The van der Waals surface area contributed by atoms with E-state index in [1.54, 1.807) is 26.0 Å². The quantitative estimate of drug-likeness (QED) is 0.901. The Labute approximate surface area is 131 Å². The molecular weight excluding hydrogens is 281 g/mol. The van der Waals surface area contributed by atoms with Crippen molar-refractivity contribution in [2.24, 2.45) is 0 Å². The highest BCUT2D eigenvalue weighted by molar-refractivity contribution is 5.94. The molecule has 2 saturated heterocycles. The summed E-state index contributed by atoms with van der Waals surface area (Å²) < 4.78 is 13.7. The minimum absolute atomic E-state index is 0.0313. The van der Waals surface area contributed by atoms with E-state index >= 15 is 0 Å². The molecule has 0 spiro atoms. The molecule has 1 aromatic carbocycles. The third-order valence-electron chi connectivity index (χ3n) is 4.80. The van der Waals surface area contributed by atoms with Crippen molar-refractivity contribution in [2.75, 3.05) is 39.3 Å². The first-order valence-corrected chi connectivity index (χ1v) is 8.07. The summed E-state index contributed by atoms with van der Waals surface area (Å²) >= 11 is 0. The van der Waals surface area contributed by atoms with Crippen molar-refractivity contribution < 1.29 is 9.18 Å². The lowest BCUT2D eigenvalue weighted by Crippen LogP contribution is -2.49. The molecule has 0 saturated carbocycles. The van der Waals surface area contributed by atoms with E-state index in [0.717, 1.165) is 45.7 Å². The first kappa shape index (κ1) is 15.4. The van der Waals surface area contributed by atoms with Gasteiger partial charge in [-0.3, -0.25) is 9.69 Å². The molecule has 1 atom stereocenters. The van der Waals surface area contributed by atoms with E-state index in [1.165, 1.54) is 0 Å². The maximum atomic E-state index is 13.7. The number of benzene rings is 1. The highest BCUT2D eigenvalue weighted by atomic mass is 19.1. The summed E-state index contributed by atoms with van der Waals surface area (Å²) in [5.74, 6) is -0.180. The summed E-state index contributed by atoms with van der Waals surface area (Å²) in [6.07, 6.45) is 1.03. The van der Waals surface area contributed by atoms with Crippen LogP contribution in [0, 0.1) is 19.7 Å². The zero-order valence-corrected chi connectivity index (χ0v) is 13.4. The number of aryl methyl sites for hydroxylation is 2. The largest absolute Gasteiger partial charge is 0.337 e. The molecule has 0 bridgehead atoms. The second kappa shape index (κ2) is 6.34. The monoisotopic (exact) mass is 305 g/mol. The molecule has 0 radical (unpaired) electrons. The molecule has 2 aliphatic heterocycles. The fourth-order valence-electron chi connectivity index (χ4n) is 3.52. The van der Waals surface area contributed by atoms with Gasteiger partial charge in [0.2, 0.25) is 0 Å². The lowest BCUT2D eigenvalue weighted by Gasteiger charge is -2.32. The number of rotatable bonds is 2. The SMILES string of the molecule is Cc1cc(C(=O)N2CCC(N3CCNCC3)C2)cc(C)c1F. The predicted molar refractivity (Wildman–Crippen MR) is 84.6 cm³/mol. The zero-order valence-electron chi connectivity index (χ0n) is 13.4. The fraction of sp³-hybridized carbons (Fsp3) is 0.588. The molecule has 1 unspecified atom stereocenters. The third kappa shape index (κ3) is 3.01. The molecule has 4 nitrogen and oxygen atoms in total. The Morgan fingerprint density at radius 3 is 2.45 bits per heavy atom. The van der Waals surface area contributed by atoms with Crippen molar-refractivity contribution >= 4 is 5.91 Å². The van der Waals surface area contributed by atoms with Gasteiger partial charge in [-0.1, -0.05) is 0 Å². The number of halogens is 1. The van der Waals surface area contributed by atoms with Crippen LogP contribution in [0.4, 0.5) is 4.39 Å². The van der Waals surface area contributed by atoms with Gasteiger partial charge in [0.1, 0.15) is 5.82 Å². The lowest BCUT2D eigenvalue weighted by atomic mass is 10.1. The number of piperazine rings is 1. The average molecular weight is 305 g/mol. The number of hydrogen-bond donors (Lipinski definition) is 1. The van der Waals surface area contributed by atoms with Crippen molar-refractivity contribution in [3.63, 3.8) is 0 Å². The van der Waals surface area contributed by atoms with Crippen LogP contribution >= 0.6 is 0 Å². The van der Waals surface area contributed by atoms with E-state index in [9.17, 15) is 9.18 Å². The molecule has 0 aliphatic carbocycles. The molecule has 1 N–H and O–H groups in total. The summed E-state index contributed by atoms with van der Waals surface area (Å²) in [7, 11) is 0. The Hall–Kier alpha value is -1.46. The van der Waals surface area contributed by atoms with Crippen molar-refractivity contribution in [1.29, 1.82) is 0 Å². The summed E-state index contributed by atoms with van der Waals surface area (Å²) in [6.45, 7) is 9.18. The van der Waals surface area contributed by atoms with Crippen molar-refractivity contribution in [1.82, 2.24) is 15.1 Å². The summed E-state index contributed by atoms with van der Waals surface area (Å²) in [5.41, 5.74) is 1.69. The first-order chi connectivity index (χ1) is 10.6. The van der Waals surface area contributed by atoms with Crippen LogP contribution in [0.15, 0.2) is 12.1 Å². The lowest BCUT2D eigenvalue weighted by molar-refractivity contribution is 0.0773. The van der Waals surface area contributed by atoms with Crippen LogP contribution in [0.2, 0.25) is 0 Å². The van der Waals surface area contributed by atoms with Gasteiger partial charge in [-0.25, -0.2) is 4.39 Å². The molecular formula is C17H24FN3O. The second-order valence-corrected chi connectivity index (χ2v) is 6.40. The highest BCUT2D eigenvalue weighted by Crippen LogP contribution is 2.21. The molecule has 1 amide bonds. The Morgan fingerprint density at radius 2 is 1.82 bits per heavy atom. The molecule has 2 fully saturated rings. The first-order valence-electron chi connectivity index (χ1n) is 8.07. The van der Waals surface area contributed by atoms with Gasteiger partial charge >= 0.3 is 0 Å². The Morgan fingerprint density at radius 1 is 1.18 bits per heavy atom. The van der Waals surface area contributed by atoms with Crippen molar-refractivity contribution in [3.8, 4) is 0 Å². The Bertz CT molecular complexity index is 546. The second-order valence-electron chi connectivity index (χ2n) is 6.40. The molecule has 3 rings (SSSR count). The van der Waals surface area contributed by atoms with Crippen molar-refractivity contribution in [3.05, 3.63) is 34.6 Å². The van der Waals surface area contributed by atoms with E-state index in [1.807, 2.05) is 4.90 Å². The predicted octanol–water partition coefficient (Wildman–Crippen LogP) is 1.56. The van der Waals surface area contributed by atoms with Crippen LogP contribution in [-0.2, 0) is 0 Å². The summed E-state index contributed by atoms with van der Waals surface area (Å²) in [6, 6.07) is 3.81. The maximum Gasteiger partial charge on any atom is 0.253 e. The molecule has 1 aromatic rings. The molecule has 22 heavy (non-hydrogen) atoms. The van der Waals surface area contributed by atoms with Crippen molar-refractivity contribution in [2.45, 2.75) is 26.3 Å². The van der Waals surface area contributed by atoms with Crippen LogP contribution in [0.5, 0.6) is 0 Å². The van der Waals surface area contributed by atoms with Gasteiger partial charge in [0.25, 0.3) is 5.91 Å². The number of amides is 1. The number of likely N-dealkylation sites (tertiary alicyclic amines) is 1. The highest BCUT2D eigenvalue weighted by Gasteiger charge is 2.31. The van der Waals surface area contributed by atoms with Gasteiger partial charge in [-0.2, -0.15) is 0 Å². The van der Waals surface area contributed by atoms with E-state index in [4.69, 9.17) is 0 Å². The number of nitrogens with zero attached hydrogens (tertiary/aromatic N) is 2. The van der Waals surface area contributed by atoms with Gasteiger partial charge in [-0.15, -0.1) is 0 Å². The van der Waals surface area contributed by atoms with Crippen LogP contribution in [0.25, 0.3) is 0 Å². The standard InChI is InChI=1S/C17H24FN3O/c1-12-9-14(10-13(2)16(12)18)17(22)21-6-3-15(11-21)20-7-4-19-5-8-20/h9-10,15,19H,3-8,11H2,1-2H3. The number of hydrogen-bond acceptors (Lipinski definition) is 3. The number of carbonyl (C=O) groups is 1. The number of carbonyl (C=O) groups excluding carboxylic acids is 1. The van der Waals surface area contributed by atoms with Gasteiger partial charge < -0.3 is 10.2 Å². The normalized spacial score (nSPS) is 23.0. The van der Waals surface area contributed by atoms with Crippen LogP contribution < -0.4 is 5.32 Å². The molecule has 120 valence electrons. The molecule has 2 heterocycles. The maximum absolute atomic E-state index is 13.7. The van der Waals surface area contributed by atoms with E-state index in [0.29, 0.717) is 22.7 Å². The molecule has 2 aliphatic rings. The van der Waals surface area contributed by atoms with Gasteiger partial charge in [-0.05, 0) is 43.5 Å². The van der Waals surface area contributed by atoms with Crippen LogP contribution in [0.1, 0.15) is 27.9 Å². The van der Waals surface area contributed by atoms with E-state index in [2.05, 4.69) is 10.2 Å². The molecule has 5 heteroatoms. The molecule has 0 aromatic heterocycles. The summed E-state index contributed by atoms with van der Waals surface area (Å²) in [4.78, 5) is 17.1. The minimum atomic E-state index is -0.211. The topological polar surface area (TPSA) is 35.6 Å². The Kier molecular flexibility index (Phi) is 4.45. The van der Waals surface area contributed by atoms with Gasteiger partial charge in [0.15, 0.2) is 0 Å². The van der Waals surface area contributed by atoms with Crippen LogP contribution in [-0.4, -0.2) is 61.0 Å². The fourth-order valence-corrected chi connectivity index (χ4v) is 3.52. The van der Waals surface area contributed by atoms with Crippen LogP contribution in [0.3, 0.4) is 0 Å². The summed E-state index contributed by atoms with van der Waals surface area (Å²) in [5, 5.41) is 3.36. The van der Waals surface area contributed by atoms with Gasteiger partial charge in [0.05, 0.1) is 0 Å². The third-order valence-corrected chi connectivity index (χ3v) is 4.80. The van der Waals surface area contributed by atoms with E-state index < -0.39 is 0 Å². The smallest absolute Gasteiger partial charge is 0.253 e. The average Bonchev–Trinajstić information content (AvgIpc) is 3.02. The zero-order chi connectivity index (χ0) is 15.7. The van der Waals surface area contributed by atoms with Gasteiger partial charge in [0, 0.05) is 50.9 Å². The van der Waals surface area contributed by atoms with E-state index in [-0.39, 0.29) is 11.7 Å².